The molecule has 2 aromatic carbocycles. The number of aliphatic hydroxyl groups excluding tert-OH is 1. The summed E-state index contributed by atoms with van der Waals surface area (Å²) in [7, 11) is -4.63. The molecule has 4 rings (SSSR count). The second-order valence-corrected chi connectivity index (χ2v) is 10.8. The maximum absolute atomic E-state index is 12.8. The van der Waals surface area contributed by atoms with Crippen LogP contribution in [0.2, 0.25) is 0 Å². The minimum absolute atomic E-state index is 0.104. The first-order valence-corrected chi connectivity index (χ1v) is 12.9. The van der Waals surface area contributed by atoms with Gasteiger partial charge in [-0.1, -0.05) is 31.2 Å². The molecule has 1 fully saturated rings. The fraction of sp³-hybridized carbons (Fsp3) is 0.500. The molecule has 186 valence electrons. The number of aliphatic hydroxyl groups is 1. The Morgan fingerprint density at radius 2 is 1.74 bits per heavy atom. The van der Waals surface area contributed by atoms with Crippen LogP contribution in [0.1, 0.15) is 48.1 Å². The maximum atomic E-state index is 12.8. The van der Waals surface area contributed by atoms with Crippen molar-refractivity contribution in [3.63, 3.8) is 0 Å². The predicted molar refractivity (Wildman–Crippen MR) is 119 cm³/mol. The molecule has 2 heterocycles. The molecule has 3 unspecified atom stereocenters. The summed E-state index contributed by atoms with van der Waals surface area (Å²) in [4.78, 5) is 0. The number of benzene rings is 2. The Hall–Kier alpha value is -2.30. The first kappa shape index (κ1) is 24.8. The molecule has 3 atom stereocenters. The smallest absolute Gasteiger partial charge is 0.402 e. The Balaban J connectivity index is 1.58. The molecule has 2 aliphatic heterocycles. The molecule has 6 nitrogen and oxygen atoms in total. The minimum Gasteiger partial charge on any atom is -0.486 e. The first-order chi connectivity index (χ1) is 16.0. The van der Waals surface area contributed by atoms with Crippen LogP contribution in [-0.4, -0.2) is 50.2 Å². The Kier molecular flexibility index (Phi) is 7.12. The van der Waals surface area contributed by atoms with Crippen LogP contribution in [0, 0.1) is 0 Å². The van der Waals surface area contributed by atoms with Crippen LogP contribution in [0.15, 0.2) is 36.4 Å². The zero-order chi connectivity index (χ0) is 24.5. The normalized spacial score (nSPS) is 23.0. The molecule has 1 saturated heterocycles. The van der Waals surface area contributed by atoms with Gasteiger partial charge in [0.2, 0.25) is 0 Å². The fourth-order valence-electron chi connectivity index (χ4n) is 4.40. The lowest BCUT2D eigenvalue weighted by Gasteiger charge is -2.33. The highest BCUT2D eigenvalue weighted by molar-refractivity contribution is 7.91. The number of sulfone groups is 1. The average molecular weight is 501 g/mol. The van der Waals surface area contributed by atoms with Gasteiger partial charge < -0.3 is 19.3 Å². The third-order valence-electron chi connectivity index (χ3n) is 6.02. The summed E-state index contributed by atoms with van der Waals surface area (Å²) >= 11 is 0. The van der Waals surface area contributed by atoms with Gasteiger partial charge in [0, 0.05) is 12.8 Å². The van der Waals surface area contributed by atoms with E-state index in [1.165, 1.54) is 0 Å². The van der Waals surface area contributed by atoms with Crippen LogP contribution in [-0.2, 0) is 27.4 Å². The zero-order valence-electron chi connectivity index (χ0n) is 18.7. The van der Waals surface area contributed by atoms with Crippen LogP contribution in [0.4, 0.5) is 13.2 Å². The second kappa shape index (κ2) is 9.75. The van der Waals surface area contributed by atoms with Gasteiger partial charge in [-0.3, -0.25) is 0 Å². The number of aryl methyl sites for hydroxylation is 1. The van der Waals surface area contributed by atoms with Crippen LogP contribution >= 0.6 is 0 Å². The van der Waals surface area contributed by atoms with Crippen LogP contribution in [0.3, 0.4) is 0 Å². The zero-order valence-corrected chi connectivity index (χ0v) is 19.5. The Labute approximate surface area is 196 Å². The van der Waals surface area contributed by atoms with Crippen molar-refractivity contribution >= 4 is 9.84 Å². The molecule has 34 heavy (non-hydrogen) atoms. The molecule has 0 saturated carbocycles. The van der Waals surface area contributed by atoms with E-state index in [1.807, 2.05) is 37.3 Å². The van der Waals surface area contributed by atoms with E-state index in [-0.39, 0.29) is 12.8 Å². The molecule has 0 aliphatic carbocycles. The summed E-state index contributed by atoms with van der Waals surface area (Å²) in [6.45, 7) is 3.00. The summed E-state index contributed by atoms with van der Waals surface area (Å²) in [5.74, 6) is -0.613. The van der Waals surface area contributed by atoms with Gasteiger partial charge in [-0.25, -0.2) is 8.42 Å². The van der Waals surface area contributed by atoms with Gasteiger partial charge in [0.1, 0.15) is 19.0 Å². The van der Waals surface area contributed by atoms with Crippen LogP contribution < -0.4 is 9.47 Å². The standard InChI is InChI=1S/C24H27F3O6S/c1-2-16-4-5-17(11-18(16)9-15-3-6-20-22(10-15)32-8-7-31-20)21-12-19(28)13-23(33-21)34(29,30)14-24(25,26)27/h3-6,10-11,19,21,23,28H,2,7-9,12-14H2,1H3. The average Bonchev–Trinajstić information content (AvgIpc) is 2.77. The maximum Gasteiger partial charge on any atom is 0.402 e. The monoisotopic (exact) mass is 500 g/mol. The molecule has 0 bridgehead atoms. The minimum atomic E-state index is -4.88. The number of alkyl halides is 3. The van der Waals surface area contributed by atoms with Gasteiger partial charge >= 0.3 is 6.18 Å². The summed E-state index contributed by atoms with van der Waals surface area (Å²) in [5, 5.41) is 10.2. The second-order valence-electron chi connectivity index (χ2n) is 8.64. The SMILES string of the molecule is CCc1ccc(C2CC(O)CC(S(=O)(=O)CC(F)(F)F)O2)cc1Cc1ccc2c(c1)OCCO2. The van der Waals surface area contributed by atoms with E-state index in [9.17, 15) is 26.7 Å². The summed E-state index contributed by atoms with van der Waals surface area (Å²) in [5.41, 5.74) is 1.96. The van der Waals surface area contributed by atoms with Gasteiger partial charge in [-0.05, 0) is 47.2 Å². The lowest BCUT2D eigenvalue weighted by atomic mass is 9.92. The van der Waals surface area contributed by atoms with Gasteiger partial charge in [-0.15, -0.1) is 0 Å². The topological polar surface area (TPSA) is 82.1 Å². The Morgan fingerprint density at radius 1 is 1.00 bits per heavy atom. The Bertz CT molecular complexity index is 1130. The molecular weight excluding hydrogens is 473 g/mol. The van der Waals surface area contributed by atoms with E-state index in [1.54, 1.807) is 6.07 Å². The molecule has 0 spiro atoms. The van der Waals surface area contributed by atoms with Crippen molar-refractivity contribution in [1.82, 2.24) is 0 Å². The summed E-state index contributed by atoms with van der Waals surface area (Å²) in [6.07, 6.45) is -5.74. The molecule has 2 aliphatic rings. The van der Waals surface area contributed by atoms with Gasteiger partial charge in [0.05, 0.1) is 12.2 Å². The van der Waals surface area contributed by atoms with E-state index in [0.29, 0.717) is 36.7 Å². The molecule has 0 amide bonds. The van der Waals surface area contributed by atoms with Crippen molar-refractivity contribution in [3.05, 3.63) is 58.7 Å². The van der Waals surface area contributed by atoms with Crippen LogP contribution in [0.5, 0.6) is 11.5 Å². The summed E-state index contributed by atoms with van der Waals surface area (Å²) in [6, 6.07) is 11.3. The molecule has 2 aromatic rings. The van der Waals surface area contributed by atoms with Gasteiger partial charge in [0.25, 0.3) is 0 Å². The first-order valence-electron chi connectivity index (χ1n) is 11.2. The van der Waals surface area contributed by atoms with E-state index in [2.05, 4.69) is 0 Å². The third kappa shape index (κ3) is 5.84. The van der Waals surface area contributed by atoms with E-state index in [4.69, 9.17) is 14.2 Å². The lowest BCUT2D eigenvalue weighted by Crippen LogP contribution is -2.40. The van der Waals surface area contributed by atoms with Crippen molar-refractivity contribution in [1.29, 1.82) is 0 Å². The largest absolute Gasteiger partial charge is 0.486 e. The molecular formula is C24H27F3O6S. The van der Waals surface area contributed by atoms with E-state index in [0.717, 1.165) is 23.1 Å². The lowest BCUT2D eigenvalue weighted by molar-refractivity contribution is -0.109. The molecule has 0 radical (unpaired) electrons. The van der Waals surface area contributed by atoms with Crippen molar-refractivity contribution in [3.8, 4) is 11.5 Å². The molecule has 10 heteroatoms. The highest BCUT2D eigenvalue weighted by atomic mass is 32.2. The van der Waals surface area contributed by atoms with Crippen molar-refractivity contribution in [2.24, 2.45) is 0 Å². The number of halogens is 3. The molecule has 1 N–H and O–H groups in total. The van der Waals surface area contributed by atoms with Crippen molar-refractivity contribution in [2.45, 2.75) is 56.4 Å². The number of hydrogen-bond acceptors (Lipinski definition) is 6. The highest BCUT2D eigenvalue weighted by Crippen LogP contribution is 2.37. The van der Waals surface area contributed by atoms with Gasteiger partial charge in [0.15, 0.2) is 26.8 Å². The molecule has 0 aromatic heterocycles. The Morgan fingerprint density at radius 3 is 2.44 bits per heavy atom. The predicted octanol–water partition coefficient (Wildman–Crippen LogP) is 4.13. The quantitative estimate of drug-likeness (QED) is 0.643. The number of ether oxygens (including phenoxy) is 3. The van der Waals surface area contributed by atoms with Crippen molar-refractivity contribution in [2.75, 3.05) is 19.0 Å². The number of fused-ring (bicyclic) bond motifs is 1. The highest BCUT2D eigenvalue weighted by Gasteiger charge is 2.43. The van der Waals surface area contributed by atoms with Gasteiger partial charge in [-0.2, -0.15) is 13.2 Å². The third-order valence-corrected chi connectivity index (χ3v) is 7.85. The van der Waals surface area contributed by atoms with Crippen molar-refractivity contribution < 1.29 is 40.9 Å². The number of hydrogen-bond donors (Lipinski definition) is 1. The van der Waals surface area contributed by atoms with E-state index < -0.39 is 39.4 Å². The van der Waals surface area contributed by atoms with Crippen LogP contribution in [0.25, 0.3) is 0 Å². The summed E-state index contributed by atoms with van der Waals surface area (Å²) < 4.78 is 79.7. The van der Waals surface area contributed by atoms with E-state index >= 15 is 0 Å². The fourth-order valence-corrected chi connectivity index (χ4v) is 5.86. The number of rotatable bonds is 6.